The lowest BCUT2D eigenvalue weighted by molar-refractivity contribution is -0.146. The highest BCUT2D eigenvalue weighted by Crippen LogP contribution is 2.20. The van der Waals surface area contributed by atoms with Crippen LogP contribution in [0, 0.1) is 5.82 Å². The van der Waals surface area contributed by atoms with Gasteiger partial charge in [-0.3, -0.25) is 14.4 Å². The van der Waals surface area contributed by atoms with Gasteiger partial charge in [-0.1, -0.05) is 66.7 Å². The van der Waals surface area contributed by atoms with Crippen LogP contribution in [0.5, 0.6) is 0 Å². The summed E-state index contributed by atoms with van der Waals surface area (Å²) >= 11 is 0. The molecule has 0 saturated carbocycles. The predicted octanol–water partition coefficient (Wildman–Crippen LogP) is 4.01. The van der Waals surface area contributed by atoms with Crippen LogP contribution < -0.4 is 11.1 Å². The fourth-order valence-corrected chi connectivity index (χ4v) is 4.55. The van der Waals surface area contributed by atoms with Crippen LogP contribution in [0.4, 0.5) is 4.39 Å². The summed E-state index contributed by atoms with van der Waals surface area (Å²) in [7, 11) is 4.63. The minimum atomic E-state index is -0.901. The zero-order valence-electron chi connectivity index (χ0n) is 24.1. The Balaban J connectivity index is 1.93. The maximum atomic E-state index is 14.1. The SMILES string of the molecule is C=CC(C)(N)C/C=C/C(=O)N(C)[C@H](Cc1ccc2ccccc2c1)C(=O)N(C)[C@H](Cc1ccc(F)cc1)C(=O)NC. The minimum Gasteiger partial charge on any atom is -0.357 e. The van der Waals surface area contributed by atoms with Crippen molar-refractivity contribution in [1.82, 2.24) is 15.1 Å². The molecule has 0 heterocycles. The molecule has 3 rings (SSSR count). The maximum absolute atomic E-state index is 14.1. The lowest BCUT2D eigenvalue weighted by Gasteiger charge is -2.34. The van der Waals surface area contributed by atoms with Crippen LogP contribution in [-0.2, 0) is 27.2 Å². The second-order valence-electron chi connectivity index (χ2n) is 10.6. The van der Waals surface area contributed by atoms with Gasteiger partial charge in [-0.2, -0.15) is 0 Å². The summed E-state index contributed by atoms with van der Waals surface area (Å²) in [6.45, 7) is 5.53. The summed E-state index contributed by atoms with van der Waals surface area (Å²) in [6.07, 6.45) is 5.51. The first-order chi connectivity index (χ1) is 19.5. The van der Waals surface area contributed by atoms with Gasteiger partial charge in [-0.05, 0) is 53.5 Å². The zero-order valence-corrected chi connectivity index (χ0v) is 24.1. The Kier molecular flexibility index (Phi) is 10.6. The maximum Gasteiger partial charge on any atom is 0.246 e. The molecule has 7 nitrogen and oxygen atoms in total. The molecule has 0 bridgehead atoms. The molecular formula is C33H39FN4O3. The van der Waals surface area contributed by atoms with Crippen LogP contribution >= 0.6 is 0 Å². The number of amides is 3. The number of benzene rings is 3. The van der Waals surface area contributed by atoms with E-state index in [1.165, 1.54) is 35.1 Å². The molecule has 0 aliphatic rings. The number of fused-ring (bicyclic) bond motifs is 1. The lowest BCUT2D eigenvalue weighted by Crippen LogP contribution is -2.55. The number of carbonyl (C=O) groups is 3. The zero-order chi connectivity index (χ0) is 30.2. The van der Waals surface area contributed by atoms with Gasteiger partial charge in [-0.25, -0.2) is 4.39 Å². The molecule has 3 N–H and O–H groups in total. The first-order valence-corrected chi connectivity index (χ1v) is 13.5. The highest BCUT2D eigenvalue weighted by molar-refractivity contribution is 5.95. The fourth-order valence-electron chi connectivity index (χ4n) is 4.55. The van der Waals surface area contributed by atoms with Crippen molar-refractivity contribution >= 4 is 28.5 Å². The normalized spacial score (nSPS) is 14.2. The monoisotopic (exact) mass is 558 g/mol. The molecule has 41 heavy (non-hydrogen) atoms. The predicted molar refractivity (Wildman–Crippen MR) is 161 cm³/mol. The number of hydrogen-bond donors (Lipinski definition) is 2. The number of rotatable bonds is 12. The summed E-state index contributed by atoms with van der Waals surface area (Å²) in [4.78, 5) is 43.0. The van der Waals surface area contributed by atoms with Gasteiger partial charge in [-0.15, -0.1) is 6.58 Å². The number of likely N-dealkylation sites (N-methyl/N-ethyl adjacent to an activating group) is 3. The quantitative estimate of drug-likeness (QED) is 0.259. The molecule has 3 atom stereocenters. The van der Waals surface area contributed by atoms with Crippen LogP contribution in [0.25, 0.3) is 10.8 Å². The largest absolute Gasteiger partial charge is 0.357 e. The molecule has 8 heteroatoms. The summed E-state index contributed by atoms with van der Waals surface area (Å²) in [5.74, 6) is -1.52. The van der Waals surface area contributed by atoms with Crippen molar-refractivity contribution in [3.63, 3.8) is 0 Å². The van der Waals surface area contributed by atoms with E-state index in [0.717, 1.165) is 16.3 Å². The van der Waals surface area contributed by atoms with Crippen molar-refractivity contribution in [3.05, 3.63) is 108 Å². The van der Waals surface area contributed by atoms with Gasteiger partial charge in [0.05, 0.1) is 0 Å². The second kappa shape index (κ2) is 13.9. The van der Waals surface area contributed by atoms with Crippen LogP contribution in [0.1, 0.15) is 24.5 Å². The van der Waals surface area contributed by atoms with Crippen LogP contribution in [0.3, 0.4) is 0 Å². The molecule has 0 aliphatic carbocycles. The molecule has 0 aliphatic heterocycles. The fraction of sp³-hybridized carbons (Fsp3) is 0.303. The molecule has 0 radical (unpaired) electrons. The number of nitrogens with one attached hydrogen (secondary N) is 1. The van der Waals surface area contributed by atoms with E-state index in [1.807, 2.05) is 42.5 Å². The topological polar surface area (TPSA) is 95.7 Å². The average molecular weight is 559 g/mol. The molecule has 0 spiro atoms. The highest BCUT2D eigenvalue weighted by Gasteiger charge is 2.34. The Labute approximate surface area is 241 Å². The van der Waals surface area contributed by atoms with Gasteiger partial charge in [0, 0.05) is 39.5 Å². The molecule has 1 unspecified atom stereocenters. The first kappa shape index (κ1) is 31.2. The van der Waals surface area contributed by atoms with E-state index in [0.29, 0.717) is 12.0 Å². The third-order valence-corrected chi connectivity index (χ3v) is 7.33. The van der Waals surface area contributed by atoms with Gasteiger partial charge in [0.15, 0.2) is 0 Å². The summed E-state index contributed by atoms with van der Waals surface area (Å²) in [5, 5.41) is 4.70. The van der Waals surface area contributed by atoms with E-state index >= 15 is 0 Å². The lowest BCUT2D eigenvalue weighted by atomic mass is 9.98. The Bertz CT molecular complexity index is 1420. The van der Waals surface area contributed by atoms with E-state index < -0.39 is 23.5 Å². The van der Waals surface area contributed by atoms with E-state index in [1.54, 1.807) is 45.3 Å². The van der Waals surface area contributed by atoms with Gasteiger partial charge in [0.25, 0.3) is 0 Å². The molecule has 0 aromatic heterocycles. The Hall–Kier alpha value is -4.30. The smallest absolute Gasteiger partial charge is 0.246 e. The standard InChI is InChI=1S/C33H39FN4O3/c1-6-33(2,35)19-9-12-30(39)37(4)29(22-24-13-16-25-10-7-8-11-26(25)20-24)32(41)38(5)28(31(40)36-3)21-23-14-17-27(34)18-15-23/h6-18,20,28-29H,1,19,21-22,35H2,2-5H3,(H,36,40)/b12-9+/t28-,29-,33?/m1/s1. The van der Waals surface area contributed by atoms with E-state index in [9.17, 15) is 18.8 Å². The Morgan fingerprint density at radius 2 is 1.56 bits per heavy atom. The van der Waals surface area contributed by atoms with Gasteiger partial charge >= 0.3 is 0 Å². The van der Waals surface area contributed by atoms with E-state index in [2.05, 4.69) is 11.9 Å². The molecular weight excluding hydrogens is 519 g/mol. The molecule has 216 valence electrons. The summed E-state index contributed by atoms with van der Waals surface area (Å²) < 4.78 is 13.5. The van der Waals surface area contributed by atoms with Crippen LogP contribution in [0.15, 0.2) is 91.5 Å². The number of nitrogens with zero attached hydrogens (tertiary/aromatic N) is 2. The molecule has 0 saturated heterocycles. The van der Waals surface area contributed by atoms with Crippen molar-refractivity contribution in [2.45, 2.75) is 43.8 Å². The Morgan fingerprint density at radius 3 is 2.20 bits per heavy atom. The van der Waals surface area contributed by atoms with Crippen molar-refractivity contribution in [2.75, 3.05) is 21.1 Å². The Morgan fingerprint density at radius 1 is 0.951 bits per heavy atom. The van der Waals surface area contributed by atoms with Crippen LogP contribution in [-0.4, -0.2) is 66.3 Å². The number of hydrogen-bond acceptors (Lipinski definition) is 4. The molecule has 0 fully saturated rings. The number of halogens is 1. The summed E-state index contributed by atoms with van der Waals surface area (Å²) in [6, 6.07) is 17.9. The molecule has 3 amide bonds. The van der Waals surface area contributed by atoms with Gasteiger partial charge in [0.1, 0.15) is 17.9 Å². The van der Waals surface area contributed by atoms with Crippen molar-refractivity contribution in [1.29, 1.82) is 0 Å². The molecule has 3 aromatic carbocycles. The number of carbonyl (C=O) groups excluding carboxylic acids is 3. The highest BCUT2D eigenvalue weighted by atomic mass is 19.1. The third-order valence-electron chi connectivity index (χ3n) is 7.33. The van der Waals surface area contributed by atoms with E-state index in [4.69, 9.17) is 5.73 Å². The average Bonchev–Trinajstić information content (AvgIpc) is 2.97. The van der Waals surface area contributed by atoms with Gasteiger partial charge < -0.3 is 20.9 Å². The van der Waals surface area contributed by atoms with Gasteiger partial charge in [0.2, 0.25) is 17.7 Å². The van der Waals surface area contributed by atoms with Crippen LogP contribution in [0.2, 0.25) is 0 Å². The van der Waals surface area contributed by atoms with Crippen molar-refractivity contribution in [3.8, 4) is 0 Å². The summed E-state index contributed by atoms with van der Waals surface area (Å²) in [5.41, 5.74) is 7.01. The first-order valence-electron chi connectivity index (χ1n) is 13.5. The van der Waals surface area contributed by atoms with Crippen molar-refractivity contribution < 1.29 is 18.8 Å². The second-order valence-corrected chi connectivity index (χ2v) is 10.6. The minimum absolute atomic E-state index is 0.180. The number of nitrogens with two attached hydrogens (primary N) is 1. The molecule has 3 aromatic rings. The third kappa shape index (κ3) is 8.35. The van der Waals surface area contributed by atoms with Crippen molar-refractivity contribution in [2.24, 2.45) is 5.73 Å². The van der Waals surface area contributed by atoms with E-state index in [-0.39, 0.29) is 30.5 Å².